The van der Waals surface area contributed by atoms with E-state index in [0.29, 0.717) is 43.0 Å². The van der Waals surface area contributed by atoms with Gasteiger partial charge < -0.3 is 9.64 Å². The number of halogens is 4. The molecule has 1 aliphatic heterocycles. The molecule has 1 aromatic carbocycles. The van der Waals surface area contributed by atoms with Crippen LogP contribution < -0.4 is 4.90 Å². The van der Waals surface area contributed by atoms with Gasteiger partial charge >= 0.3 is 6.18 Å². The highest BCUT2D eigenvalue weighted by molar-refractivity contribution is 5.94. The van der Waals surface area contributed by atoms with Crippen LogP contribution in [0.15, 0.2) is 36.4 Å². The molecule has 1 aromatic rings. The summed E-state index contributed by atoms with van der Waals surface area (Å²) in [4.78, 5) is 14.6. The Hall–Kier alpha value is -2.15. The fourth-order valence-corrected chi connectivity index (χ4v) is 4.79. The quantitative estimate of drug-likeness (QED) is 0.582. The number of hydrogen-bond donors (Lipinski definition) is 0. The highest BCUT2D eigenvalue weighted by Crippen LogP contribution is 2.62. The summed E-state index contributed by atoms with van der Waals surface area (Å²) in [5.74, 6) is 0.246. The average Bonchev–Trinajstić information content (AvgIpc) is 2.93. The second kappa shape index (κ2) is 7.84. The predicted molar refractivity (Wildman–Crippen MR) is 106 cm³/mol. The zero-order valence-electron chi connectivity index (χ0n) is 16.8. The number of rotatable bonds is 4. The van der Waals surface area contributed by atoms with Gasteiger partial charge in [-0.15, -0.1) is 0 Å². The van der Waals surface area contributed by atoms with Crippen molar-refractivity contribution in [2.24, 2.45) is 5.92 Å². The largest absolute Gasteiger partial charge is 0.424 e. The van der Waals surface area contributed by atoms with Crippen molar-refractivity contribution < 1.29 is 27.1 Å². The summed E-state index contributed by atoms with van der Waals surface area (Å²) in [5, 5.41) is 0. The number of nitrogens with zero attached hydrogens (tertiary/aromatic N) is 1. The Kier molecular flexibility index (Phi) is 5.51. The molecule has 3 atom stereocenters. The molecule has 3 unspecified atom stereocenters. The van der Waals surface area contributed by atoms with E-state index in [1.165, 1.54) is 12.1 Å². The van der Waals surface area contributed by atoms with Gasteiger partial charge in [0, 0.05) is 31.3 Å². The summed E-state index contributed by atoms with van der Waals surface area (Å²) >= 11 is 0. The first kappa shape index (κ1) is 21.1. The molecular weight excluding hydrogens is 398 g/mol. The van der Waals surface area contributed by atoms with Crippen LogP contribution in [0.3, 0.4) is 0 Å². The van der Waals surface area contributed by atoms with E-state index in [2.05, 4.69) is 16.9 Å². The van der Waals surface area contributed by atoms with Crippen molar-refractivity contribution in [1.29, 1.82) is 0 Å². The first-order valence-corrected chi connectivity index (χ1v) is 10.4. The Labute approximate surface area is 173 Å². The summed E-state index contributed by atoms with van der Waals surface area (Å²) in [6, 6.07) is 2.84. The SMILES string of the molecule is COC1(C(F)(F)F)c2cc3c(cc2C1F)N(C(=O)CCC1C=CC=CC1)CCCC3. The molecule has 0 fully saturated rings. The predicted octanol–water partition coefficient (Wildman–Crippen LogP) is 5.70. The maximum Gasteiger partial charge on any atom is 0.424 e. The second-order valence-corrected chi connectivity index (χ2v) is 8.22. The third-order valence-electron chi connectivity index (χ3n) is 6.49. The van der Waals surface area contributed by atoms with E-state index < -0.39 is 17.9 Å². The molecule has 0 aromatic heterocycles. The normalized spacial score (nSPS) is 27.8. The number of aryl methyl sites for hydroxylation is 1. The fraction of sp³-hybridized carbons (Fsp3) is 0.522. The van der Waals surface area contributed by atoms with Crippen LogP contribution in [0, 0.1) is 5.92 Å². The number of carbonyl (C=O) groups is 1. The summed E-state index contributed by atoms with van der Waals surface area (Å²) in [7, 11) is 0.888. The maximum atomic E-state index is 14.8. The third kappa shape index (κ3) is 3.27. The van der Waals surface area contributed by atoms with Gasteiger partial charge in [0.2, 0.25) is 11.5 Å². The van der Waals surface area contributed by atoms with E-state index in [9.17, 15) is 22.4 Å². The van der Waals surface area contributed by atoms with E-state index in [0.717, 1.165) is 26.4 Å². The molecule has 1 amide bonds. The Morgan fingerprint density at radius 1 is 1.27 bits per heavy atom. The van der Waals surface area contributed by atoms with E-state index >= 15 is 0 Å². The molecule has 0 saturated carbocycles. The van der Waals surface area contributed by atoms with Crippen LogP contribution in [0.1, 0.15) is 55.0 Å². The number of carbonyl (C=O) groups excluding carboxylic acids is 1. The van der Waals surface area contributed by atoms with Gasteiger partial charge in [-0.05, 0) is 61.3 Å². The first-order valence-electron chi connectivity index (χ1n) is 10.4. The molecule has 1 heterocycles. The third-order valence-corrected chi connectivity index (χ3v) is 6.49. The number of hydrogen-bond acceptors (Lipinski definition) is 2. The van der Waals surface area contributed by atoms with Crippen molar-refractivity contribution in [1.82, 2.24) is 0 Å². The molecule has 0 radical (unpaired) electrons. The molecule has 0 spiro atoms. The summed E-state index contributed by atoms with van der Waals surface area (Å²) in [5.41, 5.74) is -1.92. The maximum absolute atomic E-state index is 14.8. The molecule has 7 heteroatoms. The number of amides is 1. The lowest BCUT2D eigenvalue weighted by atomic mass is 9.69. The van der Waals surface area contributed by atoms with Crippen molar-refractivity contribution in [3.05, 3.63) is 53.1 Å². The smallest absolute Gasteiger partial charge is 0.362 e. The lowest BCUT2D eigenvalue weighted by Gasteiger charge is -2.47. The number of allylic oxidation sites excluding steroid dienone is 4. The average molecular weight is 423 g/mol. The van der Waals surface area contributed by atoms with Gasteiger partial charge in [0.1, 0.15) is 0 Å². The Morgan fingerprint density at radius 2 is 2.07 bits per heavy atom. The first-order chi connectivity index (χ1) is 14.3. The van der Waals surface area contributed by atoms with Gasteiger partial charge in [0.25, 0.3) is 0 Å². The van der Waals surface area contributed by atoms with Crippen LogP contribution in [-0.2, 0) is 21.6 Å². The van der Waals surface area contributed by atoms with Crippen molar-refractivity contribution in [2.75, 3.05) is 18.6 Å². The highest BCUT2D eigenvalue weighted by Gasteiger charge is 2.70. The van der Waals surface area contributed by atoms with Crippen LogP contribution >= 0.6 is 0 Å². The van der Waals surface area contributed by atoms with Crippen LogP contribution in [-0.4, -0.2) is 25.7 Å². The number of fused-ring (bicyclic) bond motifs is 2. The molecule has 2 aliphatic carbocycles. The summed E-state index contributed by atoms with van der Waals surface area (Å²) in [6.45, 7) is 0.497. The molecule has 4 rings (SSSR count). The molecule has 3 aliphatic rings. The van der Waals surface area contributed by atoms with Gasteiger partial charge in [0.15, 0.2) is 6.17 Å². The van der Waals surface area contributed by atoms with Crippen molar-refractivity contribution in [2.45, 2.75) is 56.5 Å². The van der Waals surface area contributed by atoms with E-state index in [-0.39, 0.29) is 17.0 Å². The van der Waals surface area contributed by atoms with Gasteiger partial charge in [-0.1, -0.05) is 24.3 Å². The lowest BCUT2D eigenvalue weighted by Crippen LogP contribution is -2.54. The van der Waals surface area contributed by atoms with E-state index in [1.807, 2.05) is 12.2 Å². The Morgan fingerprint density at radius 3 is 2.73 bits per heavy atom. The van der Waals surface area contributed by atoms with Gasteiger partial charge in [-0.25, -0.2) is 4.39 Å². The van der Waals surface area contributed by atoms with Crippen LogP contribution in [0.4, 0.5) is 23.2 Å². The van der Waals surface area contributed by atoms with Crippen molar-refractivity contribution in [3.63, 3.8) is 0 Å². The van der Waals surface area contributed by atoms with Crippen molar-refractivity contribution in [3.8, 4) is 0 Å². The Bertz CT molecular complexity index is 892. The monoisotopic (exact) mass is 423 g/mol. The number of anilines is 1. The molecule has 30 heavy (non-hydrogen) atoms. The molecule has 0 N–H and O–H groups in total. The van der Waals surface area contributed by atoms with E-state index in [4.69, 9.17) is 0 Å². The van der Waals surface area contributed by atoms with Gasteiger partial charge in [-0.3, -0.25) is 4.79 Å². The standard InChI is InChI=1S/C23H25F4NO2/c1-30-22(23(25,26)27)18-13-16-9-5-6-12-28(19(16)14-17(18)21(22)24)20(29)11-10-15-7-3-2-4-8-15/h2-4,7,13-15,21H,5-6,8-12H2,1H3. The van der Waals surface area contributed by atoms with E-state index in [1.54, 1.807) is 4.90 Å². The van der Waals surface area contributed by atoms with Crippen molar-refractivity contribution >= 4 is 11.6 Å². The number of alkyl halides is 4. The minimum Gasteiger partial charge on any atom is -0.362 e. The summed E-state index contributed by atoms with van der Waals surface area (Å²) in [6.07, 6.45) is 4.98. The zero-order valence-corrected chi connectivity index (χ0v) is 16.8. The minimum absolute atomic E-state index is 0.0343. The summed E-state index contributed by atoms with van der Waals surface area (Å²) < 4.78 is 60.4. The number of ether oxygens (including phenoxy) is 1. The molecule has 0 bridgehead atoms. The highest BCUT2D eigenvalue weighted by atomic mass is 19.4. The fourth-order valence-electron chi connectivity index (χ4n) is 4.79. The molecular formula is C23H25F4NO2. The number of methoxy groups -OCH3 is 1. The number of benzene rings is 1. The molecule has 0 saturated heterocycles. The van der Waals surface area contributed by atoms with Gasteiger partial charge in [-0.2, -0.15) is 13.2 Å². The second-order valence-electron chi connectivity index (χ2n) is 8.22. The van der Waals surface area contributed by atoms with Gasteiger partial charge in [0.05, 0.1) is 0 Å². The topological polar surface area (TPSA) is 29.5 Å². The van der Waals surface area contributed by atoms with Crippen LogP contribution in [0.25, 0.3) is 0 Å². The zero-order chi connectivity index (χ0) is 21.5. The Balaban J connectivity index is 1.62. The van der Waals surface area contributed by atoms with Crippen LogP contribution in [0.2, 0.25) is 0 Å². The lowest BCUT2D eigenvalue weighted by molar-refractivity contribution is -0.312. The van der Waals surface area contributed by atoms with Crippen LogP contribution in [0.5, 0.6) is 0 Å². The minimum atomic E-state index is -4.86. The molecule has 162 valence electrons. The molecule has 3 nitrogen and oxygen atoms in total.